The number of morpholine rings is 1. The maximum Gasteiger partial charge on any atom is 0.191 e. The van der Waals surface area contributed by atoms with Crippen LogP contribution in [-0.2, 0) is 17.6 Å². The van der Waals surface area contributed by atoms with Crippen molar-refractivity contribution in [3.63, 3.8) is 0 Å². The van der Waals surface area contributed by atoms with Gasteiger partial charge in [0.2, 0.25) is 0 Å². The molecule has 0 saturated carbocycles. The van der Waals surface area contributed by atoms with Crippen molar-refractivity contribution in [1.29, 1.82) is 0 Å². The summed E-state index contributed by atoms with van der Waals surface area (Å²) in [5, 5.41) is 6.89. The average Bonchev–Trinajstić information content (AvgIpc) is 3.28. The molecule has 1 saturated heterocycles. The van der Waals surface area contributed by atoms with E-state index in [1.807, 2.05) is 18.2 Å². The third kappa shape index (κ3) is 7.39. The van der Waals surface area contributed by atoms with Gasteiger partial charge in [0.15, 0.2) is 5.96 Å². The van der Waals surface area contributed by atoms with E-state index in [9.17, 15) is 0 Å². The van der Waals surface area contributed by atoms with E-state index in [0.29, 0.717) is 0 Å². The van der Waals surface area contributed by atoms with Crippen LogP contribution >= 0.6 is 0 Å². The number of ether oxygens (including phenoxy) is 2. The molecule has 1 aromatic heterocycles. The molecule has 30 heavy (non-hydrogen) atoms. The molecule has 3 rings (SSSR count). The Kier molecular flexibility index (Phi) is 9.05. The number of benzene rings is 1. The molecule has 0 amide bonds. The smallest absolute Gasteiger partial charge is 0.191 e. The van der Waals surface area contributed by atoms with Crippen LogP contribution in [0.2, 0.25) is 0 Å². The molecule has 2 aromatic rings. The fourth-order valence-electron chi connectivity index (χ4n) is 3.48. The molecule has 2 N–H and O–H groups in total. The molecule has 0 atom stereocenters. The first-order valence-electron chi connectivity index (χ1n) is 10.7. The molecule has 1 aliphatic rings. The number of hydrogen-bond acceptors (Lipinski definition) is 5. The van der Waals surface area contributed by atoms with Crippen molar-refractivity contribution >= 4 is 5.96 Å². The summed E-state index contributed by atoms with van der Waals surface area (Å²) >= 11 is 0. The normalized spacial score (nSPS) is 15.2. The Balaban J connectivity index is 1.51. The van der Waals surface area contributed by atoms with E-state index in [0.717, 1.165) is 82.8 Å². The zero-order chi connectivity index (χ0) is 21.0. The zero-order valence-electron chi connectivity index (χ0n) is 18.2. The second kappa shape index (κ2) is 12.2. The van der Waals surface area contributed by atoms with Crippen LogP contribution in [-0.4, -0.2) is 70.5 Å². The lowest BCUT2D eigenvalue weighted by molar-refractivity contribution is 0.0394. The number of nitrogens with zero attached hydrogens (tertiary/aromatic N) is 2. The van der Waals surface area contributed by atoms with Gasteiger partial charge in [0.05, 0.1) is 33.1 Å². The number of nitrogens with one attached hydrogen (secondary N) is 2. The summed E-state index contributed by atoms with van der Waals surface area (Å²) in [5.74, 6) is 2.74. The van der Waals surface area contributed by atoms with E-state index >= 15 is 0 Å². The van der Waals surface area contributed by atoms with E-state index in [2.05, 4.69) is 34.6 Å². The molecular weight excluding hydrogens is 380 g/mol. The van der Waals surface area contributed by atoms with Crippen LogP contribution in [0.3, 0.4) is 0 Å². The van der Waals surface area contributed by atoms with Gasteiger partial charge in [0, 0.05) is 39.1 Å². The van der Waals surface area contributed by atoms with Gasteiger partial charge >= 0.3 is 0 Å². The maximum absolute atomic E-state index is 5.50. The number of methoxy groups -OCH3 is 1. The molecule has 164 valence electrons. The van der Waals surface area contributed by atoms with Crippen LogP contribution in [0.1, 0.15) is 16.9 Å². The highest BCUT2D eigenvalue weighted by atomic mass is 16.5. The molecule has 0 unspecified atom stereocenters. The second-order valence-corrected chi connectivity index (χ2v) is 7.43. The van der Waals surface area contributed by atoms with E-state index < -0.39 is 0 Å². The van der Waals surface area contributed by atoms with Crippen LogP contribution in [0.5, 0.6) is 5.75 Å². The lowest BCUT2D eigenvalue weighted by atomic mass is 10.1. The zero-order valence-corrected chi connectivity index (χ0v) is 18.2. The van der Waals surface area contributed by atoms with Crippen molar-refractivity contribution < 1.29 is 13.9 Å². The van der Waals surface area contributed by atoms with Crippen molar-refractivity contribution in [3.05, 3.63) is 53.5 Å². The minimum Gasteiger partial charge on any atom is -0.496 e. The Morgan fingerprint density at radius 1 is 1.13 bits per heavy atom. The third-order valence-corrected chi connectivity index (χ3v) is 5.16. The Morgan fingerprint density at radius 3 is 2.67 bits per heavy atom. The van der Waals surface area contributed by atoms with Gasteiger partial charge in [0.1, 0.15) is 11.5 Å². The van der Waals surface area contributed by atoms with Gasteiger partial charge in [-0.25, -0.2) is 0 Å². The summed E-state index contributed by atoms with van der Waals surface area (Å²) in [4.78, 5) is 7.17. The lowest BCUT2D eigenvalue weighted by Crippen LogP contribution is -2.41. The highest BCUT2D eigenvalue weighted by Crippen LogP contribution is 2.19. The van der Waals surface area contributed by atoms with Gasteiger partial charge < -0.3 is 24.5 Å². The Bertz CT molecular complexity index is 771. The second-order valence-electron chi connectivity index (χ2n) is 7.43. The highest BCUT2D eigenvalue weighted by molar-refractivity contribution is 5.79. The van der Waals surface area contributed by atoms with Gasteiger partial charge in [-0.05, 0) is 37.1 Å². The Morgan fingerprint density at radius 2 is 1.93 bits per heavy atom. The van der Waals surface area contributed by atoms with Gasteiger partial charge in [-0.2, -0.15) is 0 Å². The highest BCUT2D eigenvalue weighted by Gasteiger charge is 2.10. The molecule has 0 aliphatic carbocycles. The van der Waals surface area contributed by atoms with Crippen LogP contribution in [0.4, 0.5) is 0 Å². The summed E-state index contributed by atoms with van der Waals surface area (Å²) in [6.45, 7) is 8.95. The fourth-order valence-corrected chi connectivity index (χ4v) is 3.48. The standard InChI is InChI=1S/C23H34N4O3/c1-19-5-6-22(28-2)20(18-19)7-9-24-23(25-10-8-21-4-3-15-30-21)26-11-12-27-13-16-29-17-14-27/h3-6,15,18H,7-14,16-17H2,1-2H3,(H2,24,25,26). The van der Waals surface area contributed by atoms with E-state index in [-0.39, 0.29) is 0 Å². The van der Waals surface area contributed by atoms with Gasteiger partial charge in [-0.1, -0.05) is 17.7 Å². The monoisotopic (exact) mass is 414 g/mol. The fraction of sp³-hybridized carbons (Fsp3) is 0.522. The first-order valence-corrected chi connectivity index (χ1v) is 10.7. The third-order valence-electron chi connectivity index (χ3n) is 5.16. The van der Waals surface area contributed by atoms with E-state index in [4.69, 9.17) is 18.9 Å². The van der Waals surface area contributed by atoms with Crippen LogP contribution < -0.4 is 15.4 Å². The van der Waals surface area contributed by atoms with Gasteiger partial charge in [-0.15, -0.1) is 0 Å². The first-order chi connectivity index (χ1) is 14.7. The molecule has 1 aromatic carbocycles. The van der Waals surface area contributed by atoms with Crippen LogP contribution in [0, 0.1) is 6.92 Å². The minimum absolute atomic E-state index is 0.754. The molecule has 0 bridgehead atoms. The summed E-state index contributed by atoms with van der Waals surface area (Å²) in [6.07, 6.45) is 3.40. The van der Waals surface area contributed by atoms with Gasteiger partial charge in [0.25, 0.3) is 0 Å². The summed E-state index contributed by atoms with van der Waals surface area (Å²) in [5.41, 5.74) is 2.44. The van der Waals surface area contributed by atoms with E-state index in [1.165, 1.54) is 11.1 Å². The molecule has 1 aliphatic heterocycles. The number of aliphatic imine (C=N–C) groups is 1. The topological polar surface area (TPSA) is 71.3 Å². The number of rotatable bonds is 10. The summed E-state index contributed by atoms with van der Waals surface area (Å²) in [6, 6.07) is 10.2. The van der Waals surface area contributed by atoms with Gasteiger partial charge in [-0.3, -0.25) is 9.89 Å². The molecule has 1 fully saturated rings. The van der Waals surface area contributed by atoms with Crippen molar-refractivity contribution in [3.8, 4) is 5.75 Å². The van der Waals surface area contributed by atoms with Crippen molar-refractivity contribution in [2.24, 2.45) is 4.99 Å². The Labute approximate surface area is 179 Å². The summed E-state index contributed by atoms with van der Waals surface area (Å²) < 4.78 is 16.3. The Hall–Kier alpha value is -2.51. The number of aryl methyl sites for hydroxylation is 1. The molecular formula is C23H34N4O3. The lowest BCUT2D eigenvalue weighted by Gasteiger charge is -2.25. The molecule has 2 heterocycles. The van der Waals surface area contributed by atoms with Crippen molar-refractivity contribution in [2.75, 3.05) is 59.6 Å². The summed E-state index contributed by atoms with van der Waals surface area (Å²) in [7, 11) is 1.72. The SMILES string of the molecule is COc1ccc(C)cc1CCNC(=NCCN1CCOCC1)NCCc1ccco1. The largest absolute Gasteiger partial charge is 0.496 e. The predicted octanol–water partition coefficient (Wildman–Crippen LogP) is 2.25. The number of guanidine groups is 1. The van der Waals surface area contributed by atoms with E-state index in [1.54, 1.807) is 13.4 Å². The number of furan rings is 1. The maximum atomic E-state index is 5.50. The minimum atomic E-state index is 0.754. The van der Waals surface area contributed by atoms with Crippen molar-refractivity contribution in [1.82, 2.24) is 15.5 Å². The predicted molar refractivity (Wildman–Crippen MR) is 119 cm³/mol. The molecule has 7 nitrogen and oxygen atoms in total. The quantitative estimate of drug-likeness (QED) is 0.459. The average molecular weight is 415 g/mol. The van der Waals surface area contributed by atoms with Crippen molar-refractivity contribution in [2.45, 2.75) is 19.8 Å². The number of hydrogen-bond donors (Lipinski definition) is 2. The molecule has 7 heteroatoms. The van der Waals surface area contributed by atoms with Crippen LogP contribution in [0.25, 0.3) is 0 Å². The molecule has 0 spiro atoms. The molecule has 0 radical (unpaired) electrons. The van der Waals surface area contributed by atoms with Crippen LogP contribution in [0.15, 0.2) is 46.0 Å². The first kappa shape index (κ1) is 22.2.